The Morgan fingerprint density at radius 2 is 1.63 bits per heavy atom. The minimum atomic E-state index is -3.63. The fourth-order valence-corrected chi connectivity index (χ4v) is 4.99. The lowest BCUT2D eigenvalue weighted by Gasteiger charge is -2.22. The minimum Gasteiger partial charge on any atom is -0.339 e. The van der Waals surface area contributed by atoms with Crippen LogP contribution in [0.4, 0.5) is 5.69 Å². The van der Waals surface area contributed by atoms with Gasteiger partial charge in [-0.15, -0.1) is 0 Å². The normalized spacial score (nSPS) is 13.5. The second-order valence-corrected chi connectivity index (χ2v) is 8.63. The number of amides is 1. The van der Waals surface area contributed by atoms with E-state index in [9.17, 15) is 13.2 Å². The summed E-state index contributed by atoms with van der Waals surface area (Å²) in [5, 5.41) is 0. The highest BCUT2D eigenvalue weighted by Crippen LogP contribution is 2.32. The molecule has 2 aromatic carbocycles. The summed E-state index contributed by atoms with van der Waals surface area (Å²) >= 11 is 0. The van der Waals surface area contributed by atoms with Crippen LogP contribution < -0.4 is 4.31 Å². The van der Waals surface area contributed by atoms with Crippen LogP contribution in [0.1, 0.15) is 42.6 Å². The molecule has 0 saturated carbocycles. The fraction of sp³-hybridized carbons (Fsp3) is 0.381. The van der Waals surface area contributed by atoms with Crippen molar-refractivity contribution in [3.05, 3.63) is 59.7 Å². The van der Waals surface area contributed by atoms with Gasteiger partial charge in [0, 0.05) is 25.2 Å². The van der Waals surface area contributed by atoms with E-state index in [-0.39, 0.29) is 10.8 Å². The lowest BCUT2D eigenvalue weighted by atomic mass is 10.2. The van der Waals surface area contributed by atoms with Crippen LogP contribution in [0.15, 0.2) is 53.4 Å². The van der Waals surface area contributed by atoms with E-state index in [0.29, 0.717) is 25.2 Å². The van der Waals surface area contributed by atoms with Gasteiger partial charge in [-0.25, -0.2) is 8.42 Å². The van der Waals surface area contributed by atoms with Crippen molar-refractivity contribution in [2.24, 2.45) is 0 Å². The number of anilines is 1. The number of fused-ring (bicyclic) bond motifs is 1. The number of carbonyl (C=O) groups excluding carboxylic acids is 1. The topological polar surface area (TPSA) is 57.7 Å². The monoisotopic (exact) mass is 386 g/mol. The molecule has 0 saturated heterocycles. The van der Waals surface area contributed by atoms with Crippen LogP contribution in [0.5, 0.6) is 0 Å². The molecular weight excluding hydrogens is 360 g/mol. The Balaban J connectivity index is 1.84. The molecule has 0 spiro atoms. The van der Waals surface area contributed by atoms with Crippen LogP contribution in [0.3, 0.4) is 0 Å². The molecule has 1 heterocycles. The Bertz CT molecular complexity index is 901. The van der Waals surface area contributed by atoms with Gasteiger partial charge in [0.15, 0.2) is 0 Å². The minimum absolute atomic E-state index is 0.0471. The van der Waals surface area contributed by atoms with Crippen molar-refractivity contribution in [2.75, 3.05) is 23.9 Å². The molecule has 27 heavy (non-hydrogen) atoms. The van der Waals surface area contributed by atoms with Crippen LogP contribution in [0.2, 0.25) is 0 Å². The van der Waals surface area contributed by atoms with E-state index in [1.54, 1.807) is 24.3 Å². The average molecular weight is 387 g/mol. The number of hydrogen-bond donors (Lipinski definition) is 0. The third-order valence-electron chi connectivity index (χ3n) is 4.81. The first-order chi connectivity index (χ1) is 13.0. The Hall–Kier alpha value is -2.34. The Labute approximate surface area is 161 Å². The van der Waals surface area contributed by atoms with Crippen molar-refractivity contribution < 1.29 is 13.2 Å². The lowest BCUT2D eigenvalue weighted by molar-refractivity contribution is 0.0755. The van der Waals surface area contributed by atoms with Crippen molar-refractivity contribution in [1.29, 1.82) is 0 Å². The molecule has 2 aromatic rings. The molecule has 0 radical (unpaired) electrons. The molecule has 0 fully saturated rings. The molecule has 3 rings (SSSR count). The Morgan fingerprint density at radius 3 is 2.26 bits per heavy atom. The van der Waals surface area contributed by atoms with Crippen LogP contribution in [-0.4, -0.2) is 38.9 Å². The largest absolute Gasteiger partial charge is 0.339 e. The van der Waals surface area contributed by atoms with E-state index < -0.39 is 10.0 Å². The molecule has 144 valence electrons. The molecular formula is C21H26N2O3S. The van der Waals surface area contributed by atoms with Gasteiger partial charge in [-0.05, 0) is 55.2 Å². The Morgan fingerprint density at radius 1 is 1.00 bits per heavy atom. The molecule has 0 bridgehead atoms. The predicted molar refractivity (Wildman–Crippen MR) is 108 cm³/mol. The highest BCUT2D eigenvalue weighted by atomic mass is 32.2. The summed E-state index contributed by atoms with van der Waals surface area (Å²) < 4.78 is 27.6. The SMILES string of the molecule is CCCN(CCC)C(=O)c1ccc(S(=O)(=O)N2CCc3ccccc32)cc1. The summed E-state index contributed by atoms with van der Waals surface area (Å²) in [6.07, 6.45) is 2.51. The lowest BCUT2D eigenvalue weighted by Crippen LogP contribution is -2.32. The summed E-state index contributed by atoms with van der Waals surface area (Å²) in [6, 6.07) is 13.9. The summed E-state index contributed by atoms with van der Waals surface area (Å²) in [5.41, 5.74) is 2.31. The second-order valence-electron chi connectivity index (χ2n) is 6.77. The van der Waals surface area contributed by atoms with E-state index >= 15 is 0 Å². The van der Waals surface area contributed by atoms with E-state index in [1.165, 1.54) is 4.31 Å². The number of rotatable bonds is 7. The summed E-state index contributed by atoms with van der Waals surface area (Å²) in [4.78, 5) is 14.7. The molecule has 0 N–H and O–H groups in total. The first kappa shape index (κ1) is 19.4. The molecule has 1 aliphatic heterocycles. The van der Waals surface area contributed by atoms with Crippen LogP contribution >= 0.6 is 0 Å². The van der Waals surface area contributed by atoms with Gasteiger partial charge >= 0.3 is 0 Å². The first-order valence-electron chi connectivity index (χ1n) is 9.49. The molecule has 6 heteroatoms. The van der Waals surface area contributed by atoms with Gasteiger partial charge in [0.2, 0.25) is 0 Å². The molecule has 0 atom stereocenters. The van der Waals surface area contributed by atoms with Gasteiger partial charge in [-0.1, -0.05) is 32.0 Å². The number of sulfonamides is 1. The molecule has 0 unspecified atom stereocenters. The summed E-state index contributed by atoms with van der Waals surface area (Å²) in [5.74, 6) is -0.0471. The zero-order valence-electron chi connectivity index (χ0n) is 15.9. The quantitative estimate of drug-likeness (QED) is 0.729. The van der Waals surface area contributed by atoms with Crippen molar-refractivity contribution in [1.82, 2.24) is 4.90 Å². The highest BCUT2D eigenvalue weighted by Gasteiger charge is 2.30. The van der Waals surface area contributed by atoms with Crippen molar-refractivity contribution in [3.63, 3.8) is 0 Å². The molecule has 5 nitrogen and oxygen atoms in total. The number of nitrogens with zero attached hydrogens (tertiary/aromatic N) is 2. The maximum Gasteiger partial charge on any atom is 0.264 e. The standard InChI is InChI=1S/C21H26N2O3S/c1-3-14-22(15-4-2)21(24)18-9-11-19(12-10-18)27(25,26)23-16-13-17-7-5-6-8-20(17)23/h5-12H,3-4,13-16H2,1-2H3. The van der Waals surface area contributed by atoms with Crippen LogP contribution in [0, 0.1) is 0 Å². The smallest absolute Gasteiger partial charge is 0.264 e. The second kappa shape index (κ2) is 8.13. The van der Waals surface area contributed by atoms with Crippen LogP contribution in [-0.2, 0) is 16.4 Å². The van der Waals surface area contributed by atoms with Crippen molar-refractivity contribution >= 4 is 21.6 Å². The van der Waals surface area contributed by atoms with Gasteiger partial charge in [0.25, 0.3) is 15.9 Å². The maximum absolute atomic E-state index is 13.0. The summed E-state index contributed by atoms with van der Waals surface area (Å²) in [7, 11) is -3.63. The van der Waals surface area contributed by atoms with Gasteiger partial charge in [0.05, 0.1) is 10.6 Å². The maximum atomic E-state index is 13.0. The third kappa shape index (κ3) is 3.86. The zero-order valence-corrected chi connectivity index (χ0v) is 16.7. The molecule has 0 aliphatic carbocycles. The summed E-state index contributed by atoms with van der Waals surface area (Å²) in [6.45, 7) is 5.94. The number of para-hydroxylation sites is 1. The van der Waals surface area contributed by atoms with E-state index in [4.69, 9.17) is 0 Å². The van der Waals surface area contributed by atoms with Gasteiger partial charge < -0.3 is 4.90 Å². The van der Waals surface area contributed by atoms with E-state index in [2.05, 4.69) is 0 Å². The fourth-order valence-electron chi connectivity index (χ4n) is 3.49. The molecule has 1 amide bonds. The third-order valence-corrected chi connectivity index (χ3v) is 6.64. The highest BCUT2D eigenvalue weighted by molar-refractivity contribution is 7.92. The van der Waals surface area contributed by atoms with Crippen molar-refractivity contribution in [3.8, 4) is 0 Å². The van der Waals surface area contributed by atoms with Gasteiger partial charge in [-0.3, -0.25) is 9.10 Å². The number of benzene rings is 2. The van der Waals surface area contributed by atoms with E-state index in [1.807, 2.05) is 43.0 Å². The van der Waals surface area contributed by atoms with Crippen molar-refractivity contribution in [2.45, 2.75) is 38.0 Å². The zero-order chi connectivity index (χ0) is 19.4. The van der Waals surface area contributed by atoms with Gasteiger partial charge in [0.1, 0.15) is 0 Å². The Kier molecular flexibility index (Phi) is 5.85. The first-order valence-corrected chi connectivity index (χ1v) is 10.9. The predicted octanol–water partition coefficient (Wildman–Crippen LogP) is 3.70. The van der Waals surface area contributed by atoms with Gasteiger partial charge in [-0.2, -0.15) is 0 Å². The molecule has 1 aliphatic rings. The number of carbonyl (C=O) groups is 1. The number of hydrogen-bond acceptors (Lipinski definition) is 3. The average Bonchev–Trinajstić information content (AvgIpc) is 3.12. The van der Waals surface area contributed by atoms with E-state index in [0.717, 1.165) is 30.5 Å². The molecule has 0 aromatic heterocycles. The van der Waals surface area contributed by atoms with Crippen LogP contribution in [0.25, 0.3) is 0 Å².